The number of ether oxygens (including phenoxy) is 3. The third kappa shape index (κ3) is 7.75. The summed E-state index contributed by atoms with van der Waals surface area (Å²) < 4.78 is 17.8. The van der Waals surface area contributed by atoms with E-state index in [4.69, 9.17) is 14.2 Å². The third-order valence-electron chi connectivity index (χ3n) is 5.20. The zero-order valence-corrected chi connectivity index (χ0v) is 18.7. The van der Waals surface area contributed by atoms with Gasteiger partial charge in [0.15, 0.2) is 5.79 Å². The number of carbonyl (C=O) groups excluding carboxylic acids is 2. The second kappa shape index (κ2) is 11.8. The maximum absolute atomic E-state index is 12.5. The Morgan fingerprint density at radius 1 is 0.906 bits per heavy atom. The van der Waals surface area contributed by atoms with Crippen LogP contribution in [0.1, 0.15) is 36.2 Å². The van der Waals surface area contributed by atoms with Gasteiger partial charge in [0.1, 0.15) is 12.2 Å². The molecule has 32 heavy (non-hydrogen) atoms. The average Bonchev–Trinajstić information content (AvgIpc) is 2.80. The van der Waals surface area contributed by atoms with Gasteiger partial charge >= 0.3 is 0 Å². The highest BCUT2D eigenvalue weighted by molar-refractivity contribution is 5.94. The van der Waals surface area contributed by atoms with Crippen molar-refractivity contribution in [3.8, 4) is 0 Å². The van der Waals surface area contributed by atoms with E-state index < -0.39 is 18.0 Å². The van der Waals surface area contributed by atoms with Crippen LogP contribution in [0.3, 0.4) is 0 Å². The van der Waals surface area contributed by atoms with E-state index in [2.05, 4.69) is 10.6 Å². The Morgan fingerprint density at radius 3 is 2.28 bits per heavy atom. The van der Waals surface area contributed by atoms with Crippen molar-refractivity contribution in [2.75, 3.05) is 26.3 Å². The standard InChI is InChI=1S/C25H32N2O5/c1-25(2)31-16-15-30-21(17-26-23(28)14-13-19-9-5-3-6-10-19)22(32-25)18-27-24(29)20-11-7-4-8-12-20/h3-12,21-22H,13-18H2,1-2H3,(H,26,28)(H,27,29)/t21-,22+/m1/s1. The van der Waals surface area contributed by atoms with Gasteiger partial charge in [-0.3, -0.25) is 9.59 Å². The van der Waals surface area contributed by atoms with E-state index >= 15 is 0 Å². The molecule has 0 aromatic heterocycles. The van der Waals surface area contributed by atoms with Gasteiger partial charge in [0.05, 0.1) is 13.2 Å². The summed E-state index contributed by atoms with van der Waals surface area (Å²) in [6.45, 7) is 4.94. The Hall–Kier alpha value is -2.74. The molecule has 0 spiro atoms. The molecule has 0 unspecified atom stereocenters. The van der Waals surface area contributed by atoms with Gasteiger partial charge in [-0.2, -0.15) is 0 Å². The Bertz CT molecular complexity index is 857. The van der Waals surface area contributed by atoms with Crippen LogP contribution in [0.4, 0.5) is 0 Å². The van der Waals surface area contributed by atoms with Crippen LogP contribution in [0.15, 0.2) is 60.7 Å². The minimum atomic E-state index is -0.832. The summed E-state index contributed by atoms with van der Waals surface area (Å²) in [6.07, 6.45) is 0.149. The molecule has 0 aliphatic carbocycles. The molecular weight excluding hydrogens is 408 g/mol. The van der Waals surface area contributed by atoms with Gasteiger partial charge in [-0.15, -0.1) is 0 Å². The number of hydrogen-bond donors (Lipinski definition) is 2. The SMILES string of the molecule is CC1(C)OCCO[C@H](CNC(=O)CCc2ccccc2)[C@H](CNC(=O)c2ccccc2)O1. The lowest BCUT2D eigenvalue weighted by Gasteiger charge is -2.37. The van der Waals surface area contributed by atoms with Crippen LogP contribution >= 0.6 is 0 Å². The topological polar surface area (TPSA) is 85.9 Å². The summed E-state index contributed by atoms with van der Waals surface area (Å²) in [4.78, 5) is 24.9. The van der Waals surface area contributed by atoms with Crippen molar-refractivity contribution in [3.63, 3.8) is 0 Å². The number of rotatable bonds is 8. The molecule has 0 radical (unpaired) electrons. The molecule has 1 fully saturated rings. The molecule has 7 heteroatoms. The second-order valence-electron chi connectivity index (χ2n) is 8.18. The molecular formula is C25H32N2O5. The lowest BCUT2D eigenvalue weighted by atomic mass is 10.1. The van der Waals surface area contributed by atoms with Crippen molar-refractivity contribution in [2.24, 2.45) is 0 Å². The monoisotopic (exact) mass is 440 g/mol. The first-order chi connectivity index (χ1) is 15.4. The number of carbonyl (C=O) groups is 2. The van der Waals surface area contributed by atoms with Crippen LogP contribution in [0.25, 0.3) is 0 Å². The number of hydrogen-bond acceptors (Lipinski definition) is 5. The number of amides is 2. The van der Waals surface area contributed by atoms with Crippen molar-refractivity contribution < 1.29 is 23.8 Å². The quantitative estimate of drug-likeness (QED) is 0.659. The van der Waals surface area contributed by atoms with Gasteiger partial charge in [0.25, 0.3) is 5.91 Å². The summed E-state index contributed by atoms with van der Waals surface area (Å²) >= 11 is 0. The van der Waals surface area contributed by atoms with E-state index in [9.17, 15) is 9.59 Å². The maximum Gasteiger partial charge on any atom is 0.251 e. The maximum atomic E-state index is 12.5. The molecule has 2 amide bonds. The number of nitrogens with one attached hydrogen (secondary N) is 2. The fourth-order valence-electron chi connectivity index (χ4n) is 3.52. The van der Waals surface area contributed by atoms with Crippen molar-refractivity contribution in [3.05, 3.63) is 71.8 Å². The second-order valence-corrected chi connectivity index (χ2v) is 8.18. The van der Waals surface area contributed by atoms with Crippen LogP contribution in [0.5, 0.6) is 0 Å². The number of aryl methyl sites for hydroxylation is 1. The Morgan fingerprint density at radius 2 is 1.56 bits per heavy atom. The first-order valence-corrected chi connectivity index (χ1v) is 11.0. The third-order valence-corrected chi connectivity index (χ3v) is 5.20. The fraction of sp³-hybridized carbons (Fsp3) is 0.440. The Balaban J connectivity index is 1.57. The van der Waals surface area contributed by atoms with Gasteiger partial charge in [0.2, 0.25) is 5.91 Å². The summed E-state index contributed by atoms with van der Waals surface area (Å²) in [5.41, 5.74) is 1.69. The smallest absolute Gasteiger partial charge is 0.251 e. The Labute approximate surface area is 189 Å². The van der Waals surface area contributed by atoms with E-state index in [1.165, 1.54) is 0 Å². The molecule has 1 aliphatic rings. The van der Waals surface area contributed by atoms with Gasteiger partial charge < -0.3 is 24.8 Å². The minimum absolute atomic E-state index is 0.0536. The minimum Gasteiger partial charge on any atom is -0.371 e. The summed E-state index contributed by atoms with van der Waals surface area (Å²) in [6, 6.07) is 18.9. The van der Waals surface area contributed by atoms with Gasteiger partial charge in [-0.05, 0) is 38.0 Å². The van der Waals surface area contributed by atoms with Crippen molar-refractivity contribution in [2.45, 2.75) is 44.7 Å². The van der Waals surface area contributed by atoms with E-state index in [0.29, 0.717) is 31.6 Å². The van der Waals surface area contributed by atoms with Crippen molar-refractivity contribution in [1.29, 1.82) is 0 Å². The largest absolute Gasteiger partial charge is 0.371 e. The Kier molecular flexibility index (Phi) is 8.79. The summed E-state index contributed by atoms with van der Waals surface area (Å²) in [5, 5.41) is 5.86. The van der Waals surface area contributed by atoms with Crippen LogP contribution < -0.4 is 10.6 Å². The molecule has 2 atom stereocenters. The first kappa shape index (κ1) is 23.9. The summed E-state index contributed by atoms with van der Waals surface area (Å²) in [7, 11) is 0. The molecule has 2 aromatic rings. The molecule has 0 bridgehead atoms. The van der Waals surface area contributed by atoms with Crippen LogP contribution in [-0.2, 0) is 25.4 Å². The predicted molar refractivity (Wildman–Crippen MR) is 121 cm³/mol. The molecule has 1 heterocycles. The highest BCUT2D eigenvalue weighted by atomic mass is 16.7. The molecule has 7 nitrogen and oxygen atoms in total. The normalized spacial score (nSPS) is 20.6. The van der Waals surface area contributed by atoms with E-state index in [1.807, 2.05) is 62.4 Å². The highest BCUT2D eigenvalue weighted by Crippen LogP contribution is 2.20. The molecule has 1 saturated heterocycles. The molecule has 1 aliphatic heterocycles. The summed E-state index contributed by atoms with van der Waals surface area (Å²) in [5.74, 6) is -1.08. The molecule has 2 N–H and O–H groups in total. The van der Waals surface area contributed by atoms with Gasteiger partial charge in [0, 0.05) is 25.1 Å². The molecule has 3 rings (SSSR count). The fourth-order valence-corrected chi connectivity index (χ4v) is 3.52. The lowest BCUT2D eigenvalue weighted by molar-refractivity contribution is -0.277. The lowest BCUT2D eigenvalue weighted by Crippen LogP contribution is -2.52. The van der Waals surface area contributed by atoms with Crippen LogP contribution in [0, 0.1) is 0 Å². The van der Waals surface area contributed by atoms with Crippen molar-refractivity contribution in [1.82, 2.24) is 10.6 Å². The van der Waals surface area contributed by atoms with E-state index in [0.717, 1.165) is 5.56 Å². The van der Waals surface area contributed by atoms with Crippen LogP contribution in [-0.4, -0.2) is 56.1 Å². The average molecular weight is 441 g/mol. The zero-order valence-electron chi connectivity index (χ0n) is 18.7. The van der Waals surface area contributed by atoms with E-state index in [-0.39, 0.29) is 24.9 Å². The predicted octanol–water partition coefficient (Wildman–Crippen LogP) is 2.70. The number of benzene rings is 2. The van der Waals surface area contributed by atoms with Gasteiger partial charge in [-0.25, -0.2) is 0 Å². The van der Waals surface area contributed by atoms with E-state index in [1.54, 1.807) is 12.1 Å². The zero-order chi connectivity index (χ0) is 22.8. The van der Waals surface area contributed by atoms with Crippen molar-refractivity contribution >= 4 is 11.8 Å². The first-order valence-electron chi connectivity index (χ1n) is 11.0. The highest BCUT2D eigenvalue weighted by Gasteiger charge is 2.33. The molecule has 2 aromatic carbocycles. The molecule has 0 saturated carbocycles. The van der Waals surface area contributed by atoms with Crippen LogP contribution in [0.2, 0.25) is 0 Å². The van der Waals surface area contributed by atoms with Gasteiger partial charge in [-0.1, -0.05) is 48.5 Å². The molecule has 172 valence electrons.